The molecule has 0 aliphatic heterocycles. The largest absolute Gasteiger partial charge is 0.504 e. The van der Waals surface area contributed by atoms with Crippen molar-refractivity contribution in [2.24, 2.45) is 5.10 Å². The Morgan fingerprint density at radius 1 is 1.08 bits per heavy atom. The molecule has 0 saturated carbocycles. The van der Waals surface area contributed by atoms with Crippen molar-refractivity contribution in [1.82, 2.24) is 5.43 Å². The van der Waals surface area contributed by atoms with Crippen LogP contribution in [0, 0.1) is 0 Å². The predicted octanol–water partition coefficient (Wildman–Crippen LogP) is 3.03. The standard InChI is InChI=1S/C19H16N2O5/c22-16-8-4-5-13(18(16)23)11-20-21-19(24)17-10-9-15(26-17)12-25-14-6-2-1-3-7-14/h1-11,22-23H,12H2,(H,21,24)/b20-11+. The van der Waals surface area contributed by atoms with E-state index in [4.69, 9.17) is 9.15 Å². The molecule has 132 valence electrons. The second kappa shape index (κ2) is 7.89. The Labute approximate surface area is 149 Å². The molecule has 0 saturated heterocycles. The molecule has 3 rings (SSSR count). The fourth-order valence-corrected chi connectivity index (χ4v) is 2.12. The molecule has 26 heavy (non-hydrogen) atoms. The number of nitrogens with one attached hydrogen (secondary N) is 1. The van der Waals surface area contributed by atoms with Crippen LogP contribution in [0.4, 0.5) is 0 Å². The molecular formula is C19H16N2O5. The van der Waals surface area contributed by atoms with Crippen LogP contribution in [0.3, 0.4) is 0 Å². The summed E-state index contributed by atoms with van der Waals surface area (Å²) in [5.41, 5.74) is 2.55. The van der Waals surface area contributed by atoms with Crippen LogP contribution in [0.5, 0.6) is 17.2 Å². The van der Waals surface area contributed by atoms with Gasteiger partial charge < -0.3 is 19.4 Å². The van der Waals surface area contributed by atoms with E-state index in [1.54, 1.807) is 12.1 Å². The van der Waals surface area contributed by atoms with Crippen molar-refractivity contribution in [1.29, 1.82) is 0 Å². The minimum Gasteiger partial charge on any atom is -0.504 e. The maximum atomic E-state index is 12.0. The van der Waals surface area contributed by atoms with E-state index in [0.717, 1.165) is 0 Å². The zero-order valence-corrected chi connectivity index (χ0v) is 13.6. The number of furan rings is 1. The van der Waals surface area contributed by atoms with E-state index in [1.807, 2.05) is 30.3 Å². The van der Waals surface area contributed by atoms with Gasteiger partial charge in [0.25, 0.3) is 0 Å². The third kappa shape index (κ3) is 4.21. The number of hydrogen-bond acceptors (Lipinski definition) is 6. The molecule has 0 aliphatic carbocycles. The van der Waals surface area contributed by atoms with Gasteiger partial charge in [0.15, 0.2) is 17.3 Å². The number of hydrazone groups is 1. The number of para-hydroxylation sites is 2. The van der Waals surface area contributed by atoms with Gasteiger partial charge in [-0.05, 0) is 36.4 Å². The van der Waals surface area contributed by atoms with Crippen LogP contribution in [0.2, 0.25) is 0 Å². The molecule has 0 spiro atoms. The van der Waals surface area contributed by atoms with Crippen molar-refractivity contribution in [2.45, 2.75) is 6.61 Å². The van der Waals surface area contributed by atoms with E-state index in [2.05, 4.69) is 10.5 Å². The van der Waals surface area contributed by atoms with Gasteiger partial charge in [-0.15, -0.1) is 0 Å². The predicted molar refractivity (Wildman–Crippen MR) is 94.3 cm³/mol. The van der Waals surface area contributed by atoms with E-state index >= 15 is 0 Å². The van der Waals surface area contributed by atoms with E-state index in [9.17, 15) is 15.0 Å². The summed E-state index contributed by atoms with van der Waals surface area (Å²) in [7, 11) is 0. The maximum absolute atomic E-state index is 12.0. The highest BCUT2D eigenvalue weighted by molar-refractivity contribution is 5.92. The van der Waals surface area contributed by atoms with Crippen molar-refractivity contribution in [3.05, 3.63) is 77.7 Å². The number of phenolic OH excluding ortho intramolecular Hbond substituents is 2. The third-order valence-corrected chi connectivity index (χ3v) is 3.43. The Morgan fingerprint density at radius 2 is 1.88 bits per heavy atom. The molecule has 1 amide bonds. The van der Waals surface area contributed by atoms with Gasteiger partial charge in [0.05, 0.1) is 6.21 Å². The number of aromatic hydroxyl groups is 2. The lowest BCUT2D eigenvalue weighted by molar-refractivity contribution is 0.0923. The zero-order valence-electron chi connectivity index (χ0n) is 13.6. The van der Waals surface area contributed by atoms with Gasteiger partial charge in [-0.1, -0.05) is 24.3 Å². The molecule has 0 radical (unpaired) electrons. The first-order valence-corrected chi connectivity index (χ1v) is 7.74. The first-order valence-electron chi connectivity index (χ1n) is 7.74. The molecule has 0 fully saturated rings. The van der Waals surface area contributed by atoms with Crippen LogP contribution >= 0.6 is 0 Å². The summed E-state index contributed by atoms with van der Waals surface area (Å²) in [5, 5.41) is 22.8. The van der Waals surface area contributed by atoms with Crippen molar-refractivity contribution < 1.29 is 24.2 Å². The second-order valence-electron chi connectivity index (χ2n) is 5.28. The van der Waals surface area contributed by atoms with Crippen LogP contribution in [0.15, 0.2) is 70.2 Å². The van der Waals surface area contributed by atoms with Crippen molar-refractivity contribution in [3.63, 3.8) is 0 Å². The molecule has 2 aromatic carbocycles. The van der Waals surface area contributed by atoms with Gasteiger partial charge in [-0.25, -0.2) is 5.43 Å². The molecule has 3 N–H and O–H groups in total. The summed E-state index contributed by atoms with van der Waals surface area (Å²) >= 11 is 0. The SMILES string of the molecule is O=C(N/N=C/c1cccc(O)c1O)c1ccc(COc2ccccc2)o1. The Morgan fingerprint density at radius 3 is 2.69 bits per heavy atom. The van der Waals surface area contributed by atoms with Crippen LogP contribution in [0.25, 0.3) is 0 Å². The number of carbonyl (C=O) groups is 1. The van der Waals surface area contributed by atoms with E-state index in [-0.39, 0.29) is 29.4 Å². The first kappa shape index (κ1) is 17.1. The summed E-state index contributed by atoms with van der Waals surface area (Å²) in [6, 6.07) is 16.8. The number of nitrogens with zero attached hydrogens (tertiary/aromatic N) is 1. The average molecular weight is 352 g/mol. The molecule has 7 nitrogen and oxygen atoms in total. The third-order valence-electron chi connectivity index (χ3n) is 3.43. The normalized spacial score (nSPS) is 10.8. The Kier molecular flexibility index (Phi) is 5.19. The van der Waals surface area contributed by atoms with Gasteiger partial charge in [0.1, 0.15) is 18.1 Å². The number of phenols is 2. The lowest BCUT2D eigenvalue weighted by Crippen LogP contribution is -2.16. The van der Waals surface area contributed by atoms with E-state index in [0.29, 0.717) is 11.5 Å². The van der Waals surface area contributed by atoms with E-state index in [1.165, 1.54) is 24.4 Å². The highest BCUT2D eigenvalue weighted by Gasteiger charge is 2.11. The highest BCUT2D eigenvalue weighted by Crippen LogP contribution is 2.26. The molecule has 0 unspecified atom stereocenters. The molecule has 3 aromatic rings. The molecule has 0 bridgehead atoms. The van der Waals surface area contributed by atoms with Crippen molar-refractivity contribution in [2.75, 3.05) is 0 Å². The molecular weight excluding hydrogens is 336 g/mol. The lowest BCUT2D eigenvalue weighted by atomic mass is 10.2. The van der Waals surface area contributed by atoms with Crippen molar-refractivity contribution in [3.8, 4) is 17.2 Å². The number of hydrogen-bond donors (Lipinski definition) is 3. The number of benzene rings is 2. The fraction of sp³-hybridized carbons (Fsp3) is 0.0526. The van der Waals surface area contributed by atoms with Gasteiger partial charge in [0, 0.05) is 5.56 Å². The summed E-state index contributed by atoms with van der Waals surface area (Å²) < 4.78 is 11.0. The summed E-state index contributed by atoms with van der Waals surface area (Å²) in [6.07, 6.45) is 1.22. The minimum absolute atomic E-state index is 0.0777. The average Bonchev–Trinajstić information content (AvgIpc) is 3.13. The van der Waals surface area contributed by atoms with Gasteiger partial charge in [0.2, 0.25) is 0 Å². The Bertz CT molecular complexity index is 919. The summed E-state index contributed by atoms with van der Waals surface area (Å²) in [5.74, 6) is 0.137. The monoisotopic (exact) mass is 352 g/mol. The molecule has 0 aliphatic rings. The van der Waals surface area contributed by atoms with E-state index < -0.39 is 5.91 Å². The summed E-state index contributed by atoms with van der Waals surface area (Å²) in [4.78, 5) is 12.0. The molecule has 7 heteroatoms. The number of amides is 1. The van der Waals surface area contributed by atoms with Gasteiger partial charge >= 0.3 is 5.91 Å². The Balaban J connectivity index is 1.56. The second-order valence-corrected chi connectivity index (χ2v) is 5.28. The van der Waals surface area contributed by atoms with Crippen LogP contribution in [-0.2, 0) is 6.61 Å². The number of rotatable bonds is 6. The zero-order chi connectivity index (χ0) is 18.4. The first-order chi connectivity index (χ1) is 12.6. The molecule has 1 aromatic heterocycles. The van der Waals surface area contributed by atoms with Gasteiger partial charge in [-0.3, -0.25) is 4.79 Å². The maximum Gasteiger partial charge on any atom is 0.307 e. The smallest absolute Gasteiger partial charge is 0.307 e. The fourth-order valence-electron chi connectivity index (χ4n) is 2.12. The highest BCUT2D eigenvalue weighted by atomic mass is 16.5. The van der Waals surface area contributed by atoms with Crippen LogP contribution < -0.4 is 10.2 Å². The number of ether oxygens (including phenoxy) is 1. The number of carbonyl (C=O) groups excluding carboxylic acids is 1. The van der Waals surface area contributed by atoms with Gasteiger partial charge in [-0.2, -0.15) is 5.10 Å². The summed E-state index contributed by atoms with van der Waals surface area (Å²) in [6.45, 7) is 0.192. The molecule has 1 heterocycles. The molecule has 0 atom stereocenters. The van der Waals surface area contributed by atoms with Crippen LogP contribution in [-0.4, -0.2) is 22.3 Å². The van der Waals surface area contributed by atoms with Crippen molar-refractivity contribution >= 4 is 12.1 Å². The quantitative estimate of drug-likeness (QED) is 0.359. The van der Waals surface area contributed by atoms with Crippen LogP contribution in [0.1, 0.15) is 21.9 Å². The topological polar surface area (TPSA) is 104 Å². The Hall–Kier alpha value is -3.74. The minimum atomic E-state index is -0.549. The lowest BCUT2D eigenvalue weighted by Gasteiger charge is -2.03.